The molecule has 1 aliphatic carbocycles. The molecule has 1 saturated carbocycles. The molecule has 0 bridgehead atoms. The smallest absolute Gasteiger partial charge is 0.319 e. The number of benzene rings is 1. The molecule has 5 nitrogen and oxygen atoms in total. The van der Waals surface area contributed by atoms with E-state index < -0.39 is 11.8 Å². The second-order valence-electron chi connectivity index (χ2n) is 4.33. The predicted octanol–water partition coefficient (Wildman–Crippen LogP) is 1.78. The maximum Gasteiger partial charge on any atom is 0.319 e. The molecule has 0 radical (unpaired) electrons. The summed E-state index contributed by atoms with van der Waals surface area (Å²) in [6, 6.07) is 3.80. The van der Waals surface area contributed by atoms with Crippen molar-refractivity contribution < 1.29 is 9.18 Å². The van der Waals surface area contributed by atoms with Crippen LogP contribution in [0.3, 0.4) is 0 Å². The quantitative estimate of drug-likeness (QED) is 0.486. The number of urea groups is 1. The highest BCUT2D eigenvalue weighted by atomic mass is 19.1. The lowest BCUT2D eigenvalue weighted by atomic mass is 9.93. The van der Waals surface area contributed by atoms with Crippen molar-refractivity contribution >= 4 is 17.6 Å². The Kier molecular flexibility index (Phi) is 3.45. The number of carbonyl (C=O) groups is 1. The molecular formula is C12H15FN4O. The Balaban J connectivity index is 2.00. The molecule has 5 N–H and O–H groups in total. The van der Waals surface area contributed by atoms with Crippen LogP contribution in [0.1, 0.15) is 24.8 Å². The molecule has 0 aliphatic heterocycles. The van der Waals surface area contributed by atoms with Crippen molar-refractivity contribution in [2.24, 2.45) is 5.73 Å². The van der Waals surface area contributed by atoms with Gasteiger partial charge in [-0.3, -0.25) is 5.41 Å². The number of amides is 2. The Morgan fingerprint density at radius 2 is 2.17 bits per heavy atom. The predicted molar refractivity (Wildman–Crippen MR) is 67.2 cm³/mol. The molecule has 1 aliphatic rings. The summed E-state index contributed by atoms with van der Waals surface area (Å²) in [4.78, 5) is 11.5. The number of hydrogen-bond donors (Lipinski definition) is 4. The van der Waals surface area contributed by atoms with E-state index in [0.717, 1.165) is 25.3 Å². The fraction of sp³-hybridized carbons (Fsp3) is 0.333. The molecule has 1 fully saturated rings. The normalized spacial score (nSPS) is 14.7. The first kappa shape index (κ1) is 12.3. The molecule has 1 aromatic carbocycles. The maximum atomic E-state index is 13.6. The lowest BCUT2D eigenvalue weighted by Crippen LogP contribution is -2.42. The Morgan fingerprint density at radius 1 is 1.44 bits per heavy atom. The van der Waals surface area contributed by atoms with Crippen LogP contribution >= 0.6 is 0 Å². The number of halogens is 1. The average Bonchev–Trinajstić information content (AvgIpc) is 2.26. The van der Waals surface area contributed by atoms with Gasteiger partial charge in [0.05, 0.1) is 5.69 Å². The van der Waals surface area contributed by atoms with Crippen LogP contribution in [0, 0.1) is 11.2 Å². The van der Waals surface area contributed by atoms with Gasteiger partial charge in [-0.2, -0.15) is 0 Å². The first-order valence-electron chi connectivity index (χ1n) is 5.77. The van der Waals surface area contributed by atoms with E-state index in [2.05, 4.69) is 10.6 Å². The summed E-state index contributed by atoms with van der Waals surface area (Å²) in [5.41, 5.74) is 5.61. The van der Waals surface area contributed by atoms with Gasteiger partial charge in [0, 0.05) is 11.6 Å². The Hall–Kier alpha value is -2.11. The standard InChI is InChI=1S/C12H15FN4O/c13-9-6-7(11(14)15)4-5-10(9)17-12(18)16-8-2-1-3-8/h4-6,8H,1-3H2,(H3,14,15)(H2,16,17,18). The second-order valence-corrected chi connectivity index (χ2v) is 4.33. The van der Waals surface area contributed by atoms with Crippen LogP contribution in [-0.4, -0.2) is 17.9 Å². The molecule has 0 saturated heterocycles. The van der Waals surface area contributed by atoms with Gasteiger partial charge in [0.2, 0.25) is 0 Å². The zero-order chi connectivity index (χ0) is 13.1. The zero-order valence-corrected chi connectivity index (χ0v) is 9.79. The van der Waals surface area contributed by atoms with E-state index in [1.54, 1.807) is 0 Å². The maximum absolute atomic E-state index is 13.6. The molecular weight excluding hydrogens is 235 g/mol. The highest BCUT2D eigenvalue weighted by Gasteiger charge is 2.19. The van der Waals surface area contributed by atoms with Crippen LogP contribution in [0.2, 0.25) is 0 Å². The van der Waals surface area contributed by atoms with Gasteiger partial charge in [-0.25, -0.2) is 9.18 Å². The Labute approximate surface area is 104 Å². The zero-order valence-electron chi connectivity index (χ0n) is 9.79. The van der Waals surface area contributed by atoms with Crippen molar-refractivity contribution in [2.75, 3.05) is 5.32 Å². The third-order valence-electron chi connectivity index (χ3n) is 2.97. The largest absolute Gasteiger partial charge is 0.384 e. The van der Waals surface area contributed by atoms with Crippen molar-refractivity contribution in [3.05, 3.63) is 29.6 Å². The molecule has 0 atom stereocenters. The van der Waals surface area contributed by atoms with Gasteiger partial charge in [0.25, 0.3) is 0 Å². The third-order valence-corrected chi connectivity index (χ3v) is 2.97. The number of nitrogens with one attached hydrogen (secondary N) is 3. The molecule has 2 amide bonds. The summed E-state index contributed by atoms with van der Waals surface area (Å²) in [6.45, 7) is 0. The number of hydrogen-bond acceptors (Lipinski definition) is 2. The number of anilines is 1. The molecule has 1 aromatic rings. The third kappa shape index (κ3) is 2.77. The summed E-state index contributed by atoms with van der Waals surface area (Å²) >= 11 is 0. The number of amidine groups is 1. The van der Waals surface area contributed by atoms with Gasteiger partial charge in [0.1, 0.15) is 11.7 Å². The van der Waals surface area contributed by atoms with Crippen molar-refractivity contribution in [3.63, 3.8) is 0 Å². The number of nitrogen functional groups attached to an aromatic ring is 1. The van der Waals surface area contributed by atoms with E-state index in [1.165, 1.54) is 12.1 Å². The fourth-order valence-corrected chi connectivity index (χ4v) is 1.68. The minimum atomic E-state index is -0.605. The molecule has 0 spiro atoms. The Morgan fingerprint density at radius 3 is 2.67 bits per heavy atom. The summed E-state index contributed by atoms with van der Waals surface area (Å²) < 4.78 is 13.6. The lowest BCUT2D eigenvalue weighted by Gasteiger charge is -2.26. The van der Waals surface area contributed by atoms with Gasteiger partial charge >= 0.3 is 6.03 Å². The summed E-state index contributed by atoms with van der Waals surface area (Å²) in [5.74, 6) is -0.814. The van der Waals surface area contributed by atoms with Crippen molar-refractivity contribution in [1.29, 1.82) is 5.41 Å². The van der Waals surface area contributed by atoms with Crippen LogP contribution in [0.25, 0.3) is 0 Å². The number of rotatable bonds is 3. The average molecular weight is 250 g/mol. The molecule has 6 heteroatoms. The summed E-state index contributed by atoms with van der Waals surface area (Å²) in [5, 5.41) is 12.4. The fourth-order valence-electron chi connectivity index (χ4n) is 1.68. The van der Waals surface area contributed by atoms with Crippen molar-refractivity contribution in [1.82, 2.24) is 5.32 Å². The molecule has 2 rings (SSSR count). The first-order valence-corrected chi connectivity index (χ1v) is 5.77. The van der Waals surface area contributed by atoms with Gasteiger partial charge in [0.15, 0.2) is 0 Å². The lowest BCUT2D eigenvalue weighted by molar-refractivity contribution is 0.240. The van der Waals surface area contributed by atoms with Gasteiger partial charge < -0.3 is 16.4 Å². The van der Waals surface area contributed by atoms with E-state index in [-0.39, 0.29) is 23.1 Å². The monoisotopic (exact) mass is 250 g/mol. The van der Waals surface area contributed by atoms with Crippen LogP contribution in [0.15, 0.2) is 18.2 Å². The van der Waals surface area contributed by atoms with Crippen LogP contribution in [0.4, 0.5) is 14.9 Å². The highest BCUT2D eigenvalue weighted by Crippen LogP contribution is 2.19. The summed E-state index contributed by atoms with van der Waals surface area (Å²) in [6.07, 6.45) is 3.06. The van der Waals surface area contributed by atoms with Crippen LogP contribution in [-0.2, 0) is 0 Å². The topological polar surface area (TPSA) is 91.0 Å². The van der Waals surface area contributed by atoms with Crippen LogP contribution in [0.5, 0.6) is 0 Å². The minimum Gasteiger partial charge on any atom is -0.384 e. The van der Waals surface area contributed by atoms with Gasteiger partial charge in [-0.15, -0.1) is 0 Å². The number of nitrogens with two attached hydrogens (primary N) is 1. The SMILES string of the molecule is N=C(N)c1ccc(NC(=O)NC2CCC2)c(F)c1. The van der Waals surface area contributed by atoms with E-state index >= 15 is 0 Å². The Bertz CT molecular complexity index is 485. The molecule has 0 aromatic heterocycles. The van der Waals surface area contributed by atoms with Crippen LogP contribution < -0.4 is 16.4 Å². The van der Waals surface area contributed by atoms with Crippen molar-refractivity contribution in [2.45, 2.75) is 25.3 Å². The van der Waals surface area contributed by atoms with Gasteiger partial charge in [-0.1, -0.05) is 0 Å². The first-order chi connectivity index (χ1) is 8.56. The highest BCUT2D eigenvalue weighted by molar-refractivity contribution is 5.96. The molecule has 0 unspecified atom stereocenters. The number of carbonyl (C=O) groups excluding carboxylic acids is 1. The van der Waals surface area contributed by atoms with Crippen molar-refractivity contribution in [3.8, 4) is 0 Å². The van der Waals surface area contributed by atoms with E-state index in [4.69, 9.17) is 11.1 Å². The van der Waals surface area contributed by atoms with E-state index in [9.17, 15) is 9.18 Å². The minimum absolute atomic E-state index is 0.0804. The molecule has 0 heterocycles. The van der Waals surface area contributed by atoms with E-state index in [0.29, 0.717) is 0 Å². The summed E-state index contributed by atoms with van der Waals surface area (Å²) in [7, 11) is 0. The van der Waals surface area contributed by atoms with E-state index in [1.807, 2.05) is 0 Å². The second kappa shape index (κ2) is 5.03. The molecule has 96 valence electrons. The van der Waals surface area contributed by atoms with Gasteiger partial charge in [-0.05, 0) is 37.5 Å². The molecule has 18 heavy (non-hydrogen) atoms.